The Labute approximate surface area is 110 Å². The lowest BCUT2D eigenvalue weighted by Crippen LogP contribution is -2.34. The van der Waals surface area contributed by atoms with Crippen LogP contribution in [0.2, 0.25) is 0 Å². The fraction of sp³-hybridized carbons (Fsp3) is 0.455. The number of halogens is 1. The predicted molar refractivity (Wildman–Crippen MR) is 71.1 cm³/mol. The third-order valence-corrected chi connectivity index (χ3v) is 5.20. The average molecular weight is 319 g/mol. The Morgan fingerprint density at radius 3 is 2.65 bits per heavy atom. The molecule has 0 spiro atoms. The lowest BCUT2D eigenvalue weighted by Gasteiger charge is -2.13. The van der Waals surface area contributed by atoms with E-state index in [0.717, 1.165) is 12.8 Å². The Bertz CT molecular complexity index is 526. The molecule has 1 saturated carbocycles. The van der Waals surface area contributed by atoms with Crippen molar-refractivity contribution in [3.63, 3.8) is 0 Å². The van der Waals surface area contributed by atoms with Gasteiger partial charge >= 0.3 is 0 Å². The average Bonchev–Trinajstić information content (AvgIpc) is 3.04. The van der Waals surface area contributed by atoms with Crippen LogP contribution in [-0.2, 0) is 10.0 Å². The van der Waals surface area contributed by atoms with Gasteiger partial charge in [-0.3, -0.25) is 0 Å². The molecule has 1 atom stereocenters. The van der Waals surface area contributed by atoms with Gasteiger partial charge in [-0.2, -0.15) is 0 Å². The molecule has 4 nitrogen and oxygen atoms in total. The first kappa shape index (κ1) is 12.9. The number of nitrogens with two attached hydrogens (primary N) is 1. The number of hydrogen-bond acceptors (Lipinski definition) is 3. The summed E-state index contributed by atoms with van der Waals surface area (Å²) in [5, 5.41) is 0. The van der Waals surface area contributed by atoms with Crippen molar-refractivity contribution in [2.45, 2.75) is 30.7 Å². The summed E-state index contributed by atoms with van der Waals surface area (Å²) >= 11 is 3.23. The van der Waals surface area contributed by atoms with Crippen LogP contribution in [0.25, 0.3) is 0 Å². The minimum atomic E-state index is -3.44. The number of anilines is 1. The molecular weight excluding hydrogens is 304 g/mol. The zero-order valence-electron chi connectivity index (χ0n) is 9.48. The molecule has 0 bridgehead atoms. The van der Waals surface area contributed by atoms with Gasteiger partial charge in [0.2, 0.25) is 10.0 Å². The summed E-state index contributed by atoms with van der Waals surface area (Å²) in [6, 6.07) is 4.62. The van der Waals surface area contributed by atoms with Crippen molar-refractivity contribution in [3.05, 3.63) is 22.7 Å². The summed E-state index contributed by atoms with van der Waals surface area (Å²) in [6.45, 7) is 1.90. The van der Waals surface area contributed by atoms with Crippen LogP contribution in [0.15, 0.2) is 27.6 Å². The maximum atomic E-state index is 12.1. The molecule has 17 heavy (non-hydrogen) atoms. The highest BCUT2D eigenvalue weighted by Crippen LogP contribution is 2.33. The first-order valence-electron chi connectivity index (χ1n) is 5.47. The van der Waals surface area contributed by atoms with Crippen molar-refractivity contribution in [3.8, 4) is 0 Å². The van der Waals surface area contributed by atoms with E-state index in [0.29, 0.717) is 16.1 Å². The third kappa shape index (κ3) is 3.00. The van der Waals surface area contributed by atoms with E-state index in [2.05, 4.69) is 20.7 Å². The monoisotopic (exact) mass is 318 g/mol. The molecule has 1 unspecified atom stereocenters. The van der Waals surface area contributed by atoms with Gasteiger partial charge in [-0.25, -0.2) is 13.1 Å². The molecule has 0 saturated heterocycles. The summed E-state index contributed by atoms with van der Waals surface area (Å²) < 4.78 is 27.4. The number of benzene rings is 1. The van der Waals surface area contributed by atoms with E-state index in [1.54, 1.807) is 6.07 Å². The lowest BCUT2D eigenvalue weighted by atomic mass is 10.2. The zero-order chi connectivity index (χ0) is 12.6. The summed E-state index contributed by atoms with van der Waals surface area (Å²) in [5.74, 6) is 0.488. The lowest BCUT2D eigenvalue weighted by molar-refractivity contribution is 0.538. The van der Waals surface area contributed by atoms with Crippen LogP contribution >= 0.6 is 15.9 Å². The van der Waals surface area contributed by atoms with Gasteiger partial charge < -0.3 is 5.73 Å². The van der Waals surface area contributed by atoms with Gasteiger partial charge in [0.05, 0.1) is 4.90 Å². The molecule has 1 aromatic carbocycles. The second-order valence-corrected chi connectivity index (χ2v) is 7.00. The highest BCUT2D eigenvalue weighted by Gasteiger charge is 2.31. The molecule has 0 heterocycles. The molecular formula is C11H15BrN2O2S. The molecule has 0 aromatic heterocycles. The van der Waals surface area contributed by atoms with Gasteiger partial charge in [-0.1, -0.05) is 0 Å². The van der Waals surface area contributed by atoms with Crippen LogP contribution < -0.4 is 10.5 Å². The first-order valence-corrected chi connectivity index (χ1v) is 7.75. The van der Waals surface area contributed by atoms with E-state index in [1.165, 1.54) is 12.1 Å². The van der Waals surface area contributed by atoms with Gasteiger partial charge in [0.25, 0.3) is 0 Å². The quantitative estimate of drug-likeness (QED) is 0.835. The SMILES string of the molecule is CC(NS(=O)(=O)c1ccc(N)c(Br)c1)C1CC1. The van der Waals surface area contributed by atoms with Crippen molar-refractivity contribution in [1.82, 2.24) is 4.72 Å². The maximum Gasteiger partial charge on any atom is 0.240 e. The van der Waals surface area contributed by atoms with Crippen molar-refractivity contribution in [1.29, 1.82) is 0 Å². The van der Waals surface area contributed by atoms with Crippen LogP contribution in [0.5, 0.6) is 0 Å². The number of rotatable bonds is 4. The van der Waals surface area contributed by atoms with E-state index >= 15 is 0 Å². The van der Waals surface area contributed by atoms with Gasteiger partial charge in [-0.05, 0) is 59.8 Å². The standard InChI is InChI=1S/C11H15BrN2O2S/c1-7(8-2-3-8)14-17(15,16)9-4-5-11(13)10(12)6-9/h4-8,14H,2-3,13H2,1H3. The highest BCUT2D eigenvalue weighted by atomic mass is 79.9. The minimum Gasteiger partial charge on any atom is -0.398 e. The van der Waals surface area contributed by atoms with Crippen LogP contribution in [0, 0.1) is 5.92 Å². The molecule has 1 aliphatic rings. The molecule has 0 aliphatic heterocycles. The number of nitrogens with one attached hydrogen (secondary N) is 1. The van der Waals surface area contributed by atoms with E-state index in [4.69, 9.17) is 5.73 Å². The topological polar surface area (TPSA) is 72.2 Å². The van der Waals surface area contributed by atoms with Crippen molar-refractivity contribution in [2.75, 3.05) is 5.73 Å². The normalized spacial score (nSPS) is 18.0. The summed E-state index contributed by atoms with van der Waals surface area (Å²) in [7, 11) is -3.44. The molecule has 1 fully saturated rings. The van der Waals surface area contributed by atoms with E-state index in [9.17, 15) is 8.42 Å². The Hall–Kier alpha value is -0.590. The van der Waals surface area contributed by atoms with Gasteiger partial charge in [-0.15, -0.1) is 0 Å². The number of nitrogen functional groups attached to an aromatic ring is 1. The first-order chi connectivity index (χ1) is 7.90. The van der Waals surface area contributed by atoms with Crippen molar-refractivity contribution < 1.29 is 8.42 Å². The van der Waals surface area contributed by atoms with Crippen LogP contribution in [0.4, 0.5) is 5.69 Å². The van der Waals surface area contributed by atoms with Gasteiger partial charge in [0, 0.05) is 16.2 Å². The van der Waals surface area contributed by atoms with Crippen LogP contribution in [0.1, 0.15) is 19.8 Å². The predicted octanol–water partition coefficient (Wildman–Crippen LogP) is 2.11. The molecule has 3 N–H and O–H groups in total. The molecule has 1 aromatic rings. The third-order valence-electron chi connectivity index (χ3n) is 2.95. The Balaban J connectivity index is 2.21. The highest BCUT2D eigenvalue weighted by molar-refractivity contribution is 9.10. The summed E-state index contributed by atoms with van der Waals surface area (Å²) in [6.07, 6.45) is 2.21. The van der Waals surface area contributed by atoms with E-state index in [1.807, 2.05) is 6.92 Å². The Kier molecular flexibility index (Phi) is 3.47. The van der Waals surface area contributed by atoms with Gasteiger partial charge in [0.15, 0.2) is 0 Å². The van der Waals surface area contributed by atoms with Crippen LogP contribution in [0.3, 0.4) is 0 Å². The van der Waals surface area contributed by atoms with E-state index < -0.39 is 10.0 Å². The minimum absolute atomic E-state index is 0.00340. The smallest absolute Gasteiger partial charge is 0.240 e. The molecule has 0 radical (unpaired) electrons. The zero-order valence-corrected chi connectivity index (χ0v) is 11.9. The molecule has 2 rings (SSSR count). The Morgan fingerprint density at radius 1 is 1.47 bits per heavy atom. The van der Waals surface area contributed by atoms with Crippen LogP contribution in [-0.4, -0.2) is 14.5 Å². The molecule has 6 heteroatoms. The fourth-order valence-electron chi connectivity index (χ4n) is 1.68. The molecule has 94 valence electrons. The summed E-state index contributed by atoms with van der Waals surface area (Å²) in [5.41, 5.74) is 6.16. The fourth-order valence-corrected chi connectivity index (χ4v) is 3.55. The maximum absolute atomic E-state index is 12.1. The second kappa shape index (κ2) is 4.59. The number of hydrogen-bond donors (Lipinski definition) is 2. The second-order valence-electron chi connectivity index (χ2n) is 4.43. The largest absolute Gasteiger partial charge is 0.398 e. The summed E-state index contributed by atoms with van der Waals surface area (Å²) in [4.78, 5) is 0.242. The van der Waals surface area contributed by atoms with E-state index in [-0.39, 0.29) is 10.9 Å². The van der Waals surface area contributed by atoms with Gasteiger partial charge in [0.1, 0.15) is 0 Å². The Morgan fingerprint density at radius 2 is 2.12 bits per heavy atom. The van der Waals surface area contributed by atoms with Crippen molar-refractivity contribution in [2.24, 2.45) is 5.92 Å². The van der Waals surface area contributed by atoms with Crippen molar-refractivity contribution >= 4 is 31.6 Å². The molecule has 0 amide bonds. The number of sulfonamides is 1. The molecule has 1 aliphatic carbocycles.